The molecule has 2 aromatic rings. The van der Waals surface area contributed by atoms with Crippen molar-refractivity contribution in [2.45, 2.75) is 19.9 Å². The lowest BCUT2D eigenvalue weighted by Gasteiger charge is -2.38. The van der Waals surface area contributed by atoms with Crippen molar-refractivity contribution >= 4 is 11.6 Å². The van der Waals surface area contributed by atoms with Crippen molar-refractivity contribution in [1.29, 1.82) is 0 Å². The molecule has 0 saturated carbocycles. The molecule has 0 aromatic heterocycles. The molecule has 0 atom stereocenters. The van der Waals surface area contributed by atoms with Gasteiger partial charge < -0.3 is 15.0 Å². The second-order valence-corrected chi connectivity index (χ2v) is 7.23. The van der Waals surface area contributed by atoms with Gasteiger partial charge >= 0.3 is 0 Å². The van der Waals surface area contributed by atoms with Crippen LogP contribution < -0.4 is 15.0 Å². The van der Waals surface area contributed by atoms with Crippen molar-refractivity contribution in [3.8, 4) is 5.75 Å². The van der Waals surface area contributed by atoms with E-state index in [4.69, 9.17) is 4.74 Å². The Balaban J connectivity index is 1.43. The number of carbonyl (C=O) groups excluding carboxylic acids is 1. The quantitative estimate of drug-likeness (QED) is 0.744. The van der Waals surface area contributed by atoms with Crippen LogP contribution in [0.25, 0.3) is 0 Å². The number of hydrogen-bond donors (Lipinski definition) is 1. The van der Waals surface area contributed by atoms with E-state index >= 15 is 0 Å². The number of rotatable bonds is 7. The molecule has 28 heavy (non-hydrogen) atoms. The third-order valence-corrected chi connectivity index (χ3v) is 4.99. The van der Waals surface area contributed by atoms with Gasteiger partial charge in [-0.05, 0) is 50.2 Å². The Morgan fingerprint density at radius 2 is 1.82 bits per heavy atom. The molecule has 2 aromatic carbocycles. The average Bonchev–Trinajstić information content (AvgIpc) is 2.71. The highest BCUT2D eigenvalue weighted by atomic mass is 19.1. The van der Waals surface area contributed by atoms with Crippen LogP contribution in [-0.4, -0.2) is 56.2 Å². The molecule has 0 radical (unpaired) electrons. The topological polar surface area (TPSA) is 44.8 Å². The van der Waals surface area contributed by atoms with Gasteiger partial charge in [-0.25, -0.2) is 4.39 Å². The summed E-state index contributed by atoms with van der Waals surface area (Å²) in [6.45, 7) is 9.22. The molecule has 0 aliphatic carbocycles. The fourth-order valence-electron chi connectivity index (χ4n) is 3.31. The lowest BCUT2D eigenvalue weighted by Crippen LogP contribution is -2.48. The van der Waals surface area contributed by atoms with Gasteiger partial charge in [0.25, 0.3) is 5.91 Å². The number of ether oxygens (including phenoxy) is 1. The molecule has 0 unspecified atom stereocenters. The molecule has 6 heteroatoms. The maximum Gasteiger partial charge on any atom is 0.251 e. The Labute approximate surface area is 166 Å². The molecule has 0 spiro atoms. The first kappa shape index (κ1) is 20.1. The first-order valence-corrected chi connectivity index (χ1v) is 9.78. The Morgan fingerprint density at radius 1 is 1.11 bits per heavy atom. The van der Waals surface area contributed by atoms with Gasteiger partial charge in [-0.2, -0.15) is 0 Å². The van der Waals surface area contributed by atoms with E-state index in [9.17, 15) is 9.18 Å². The zero-order chi connectivity index (χ0) is 19.9. The Kier molecular flexibility index (Phi) is 6.87. The summed E-state index contributed by atoms with van der Waals surface area (Å²) in [6.07, 6.45) is 0. The maximum absolute atomic E-state index is 13.1. The van der Waals surface area contributed by atoms with E-state index in [1.54, 1.807) is 12.1 Å². The van der Waals surface area contributed by atoms with Crippen molar-refractivity contribution in [2.75, 3.05) is 44.2 Å². The number of amides is 1. The average molecular weight is 385 g/mol. The van der Waals surface area contributed by atoms with Crippen LogP contribution in [-0.2, 0) is 0 Å². The van der Waals surface area contributed by atoms with Crippen LogP contribution in [0.2, 0.25) is 0 Å². The van der Waals surface area contributed by atoms with E-state index in [2.05, 4.69) is 29.0 Å². The van der Waals surface area contributed by atoms with Gasteiger partial charge in [0.1, 0.15) is 18.2 Å². The highest BCUT2D eigenvalue weighted by molar-refractivity contribution is 5.94. The Morgan fingerprint density at radius 3 is 2.46 bits per heavy atom. The number of carbonyl (C=O) groups is 1. The second-order valence-electron chi connectivity index (χ2n) is 7.23. The summed E-state index contributed by atoms with van der Waals surface area (Å²) in [5.41, 5.74) is 1.77. The molecule has 1 heterocycles. The van der Waals surface area contributed by atoms with Crippen molar-refractivity contribution in [1.82, 2.24) is 10.2 Å². The van der Waals surface area contributed by atoms with Gasteiger partial charge in [-0.15, -0.1) is 0 Å². The Hall–Kier alpha value is -2.60. The van der Waals surface area contributed by atoms with E-state index in [1.165, 1.54) is 12.1 Å². The second kappa shape index (κ2) is 9.55. The molecule has 0 bridgehead atoms. The number of piperazine rings is 1. The highest BCUT2D eigenvalue weighted by Crippen LogP contribution is 2.18. The molecule has 150 valence electrons. The number of nitrogens with one attached hydrogen (secondary N) is 1. The van der Waals surface area contributed by atoms with Crippen molar-refractivity contribution in [2.24, 2.45) is 0 Å². The van der Waals surface area contributed by atoms with Crippen LogP contribution in [0.3, 0.4) is 0 Å². The fourth-order valence-corrected chi connectivity index (χ4v) is 3.31. The molecule has 1 aliphatic heterocycles. The highest BCUT2D eigenvalue weighted by Gasteiger charge is 2.19. The fraction of sp³-hybridized carbons (Fsp3) is 0.409. The maximum atomic E-state index is 13.1. The molecule has 3 rings (SSSR count). The smallest absolute Gasteiger partial charge is 0.251 e. The van der Waals surface area contributed by atoms with Gasteiger partial charge in [0.2, 0.25) is 0 Å². The monoisotopic (exact) mass is 385 g/mol. The summed E-state index contributed by atoms with van der Waals surface area (Å²) in [7, 11) is 0. The molecule has 1 aliphatic rings. The molecular weight excluding hydrogens is 357 g/mol. The van der Waals surface area contributed by atoms with E-state index in [0.717, 1.165) is 31.9 Å². The largest absolute Gasteiger partial charge is 0.492 e. The van der Waals surface area contributed by atoms with E-state index in [1.807, 2.05) is 24.3 Å². The zero-order valence-electron chi connectivity index (χ0n) is 16.5. The number of anilines is 1. The lowest BCUT2D eigenvalue weighted by atomic mass is 10.1. The SMILES string of the molecule is CC(C)N1CCN(c2ccc(C(=O)NCCOc3cccc(F)c3)cc2)CC1. The molecule has 5 nitrogen and oxygen atoms in total. The molecule has 1 fully saturated rings. The minimum absolute atomic E-state index is 0.140. The molecule has 1 saturated heterocycles. The number of hydrogen-bond acceptors (Lipinski definition) is 4. The van der Waals surface area contributed by atoms with Crippen LogP contribution in [0.4, 0.5) is 10.1 Å². The van der Waals surface area contributed by atoms with Crippen LogP contribution >= 0.6 is 0 Å². The molecular formula is C22H28FN3O2. The van der Waals surface area contributed by atoms with Gasteiger partial charge in [0.05, 0.1) is 6.54 Å². The van der Waals surface area contributed by atoms with Crippen molar-refractivity contribution < 1.29 is 13.9 Å². The standard InChI is InChI=1S/C22H28FN3O2/c1-17(2)25-11-13-26(14-12-25)20-8-6-18(7-9-20)22(27)24-10-15-28-21-5-3-4-19(23)16-21/h3-9,16-17H,10-15H2,1-2H3,(H,24,27). The van der Waals surface area contributed by atoms with Gasteiger partial charge in [0.15, 0.2) is 0 Å². The summed E-state index contributed by atoms with van der Waals surface area (Å²) in [5, 5.41) is 2.82. The lowest BCUT2D eigenvalue weighted by molar-refractivity contribution is 0.0947. The van der Waals surface area contributed by atoms with Crippen LogP contribution in [0, 0.1) is 5.82 Å². The first-order valence-electron chi connectivity index (χ1n) is 9.78. The predicted molar refractivity (Wildman–Crippen MR) is 110 cm³/mol. The predicted octanol–water partition coefficient (Wildman–Crippen LogP) is 3.16. The molecule has 1 amide bonds. The zero-order valence-corrected chi connectivity index (χ0v) is 16.5. The minimum atomic E-state index is -0.341. The van der Waals surface area contributed by atoms with Crippen LogP contribution in [0.1, 0.15) is 24.2 Å². The van der Waals surface area contributed by atoms with Crippen LogP contribution in [0.5, 0.6) is 5.75 Å². The van der Waals surface area contributed by atoms with E-state index < -0.39 is 0 Å². The number of nitrogens with zero attached hydrogens (tertiary/aromatic N) is 2. The van der Waals surface area contributed by atoms with Gasteiger partial charge in [-0.1, -0.05) is 6.07 Å². The van der Waals surface area contributed by atoms with Gasteiger partial charge in [0, 0.05) is 49.5 Å². The summed E-state index contributed by atoms with van der Waals surface area (Å²) >= 11 is 0. The normalized spacial score (nSPS) is 14.9. The van der Waals surface area contributed by atoms with Gasteiger partial charge in [-0.3, -0.25) is 9.69 Å². The summed E-state index contributed by atoms with van der Waals surface area (Å²) in [6, 6.07) is 14.3. The Bertz CT molecular complexity index is 772. The van der Waals surface area contributed by atoms with E-state index in [-0.39, 0.29) is 18.3 Å². The third-order valence-electron chi connectivity index (χ3n) is 4.99. The number of benzene rings is 2. The van der Waals surface area contributed by atoms with Crippen molar-refractivity contribution in [3.05, 3.63) is 59.9 Å². The van der Waals surface area contributed by atoms with Crippen LogP contribution in [0.15, 0.2) is 48.5 Å². The number of halogens is 1. The van der Waals surface area contributed by atoms with E-state index in [0.29, 0.717) is 23.9 Å². The minimum Gasteiger partial charge on any atom is -0.492 e. The summed E-state index contributed by atoms with van der Waals surface area (Å²) < 4.78 is 18.5. The first-order chi connectivity index (χ1) is 13.5. The summed E-state index contributed by atoms with van der Waals surface area (Å²) in [4.78, 5) is 17.1. The summed E-state index contributed by atoms with van der Waals surface area (Å²) in [5.74, 6) is -0.0255. The third kappa shape index (κ3) is 5.45. The van der Waals surface area contributed by atoms with Crippen molar-refractivity contribution in [3.63, 3.8) is 0 Å². The molecule has 1 N–H and O–H groups in total.